The molecule has 150 valence electrons. The van der Waals surface area contributed by atoms with Crippen LogP contribution in [0.15, 0.2) is 54.7 Å². The maximum atomic E-state index is 4.78. The fourth-order valence-corrected chi connectivity index (χ4v) is 3.53. The summed E-state index contributed by atoms with van der Waals surface area (Å²) in [7, 11) is 0. The van der Waals surface area contributed by atoms with E-state index in [2.05, 4.69) is 69.3 Å². The maximum Gasteiger partial charge on any atom is 0.227 e. The van der Waals surface area contributed by atoms with Crippen LogP contribution in [0.2, 0.25) is 0 Å². The lowest BCUT2D eigenvalue weighted by molar-refractivity contribution is 0.634. The highest BCUT2D eigenvalue weighted by Crippen LogP contribution is 2.22. The molecule has 0 spiro atoms. The standard InChI is InChI=1S/C23H28N6/c1-17(2)19-7-9-20(10-8-19)26-21-16-18(3)25-23(27-21)29-14-12-28(13-15-29)22-6-4-5-11-24-22/h4-11,16-17H,12-15H2,1-3H3,(H,25,26,27). The molecule has 0 amide bonds. The molecule has 2 aromatic heterocycles. The number of nitrogens with zero attached hydrogens (tertiary/aromatic N) is 5. The molecule has 6 nitrogen and oxygen atoms in total. The lowest BCUT2D eigenvalue weighted by Gasteiger charge is -2.35. The first-order valence-electron chi connectivity index (χ1n) is 10.2. The minimum absolute atomic E-state index is 0.529. The Kier molecular flexibility index (Phi) is 5.60. The van der Waals surface area contributed by atoms with Gasteiger partial charge in [-0.2, -0.15) is 4.98 Å². The Morgan fingerprint density at radius 2 is 1.62 bits per heavy atom. The molecule has 1 saturated heterocycles. The number of aromatic nitrogens is 3. The van der Waals surface area contributed by atoms with Crippen LogP contribution >= 0.6 is 0 Å². The second kappa shape index (κ2) is 8.47. The third kappa shape index (κ3) is 4.65. The highest BCUT2D eigenvalue weighted by molar-refractivity contribution is 5.58. The number of piperazine rings is 1. The number of rotatable bonds is 5. The van der Waals surface area contributed by atoms with Crippen molar-refractivity contribution in [1.82, 2.24) is 15.0 Å². The summed E-state index contributed by atoms with van der Waals surface area (Å²) in [6, 6.07) is 16.6. The van der Waals surface area contributed by atoms with Gasteiger partial charge in [0.15, 0.2) is 0 Å². The molecule has 1 fully saturated rings. The van der Waals surface area contributed by atoms with Crippen molar-refractivity contribution in [2.24, 2.45) is 0 Å². The molecule has 0 unspecified atom stereocenters. The van der Waals surface area contributed by atoms with Crippen molar-refractivity contribution in [3.8, 4) is 0 Å². The first-order chi connectivity index (χ1) is 14.1. The van der Waals surface area contributed by atoms with Crippen LogP contribution in [0.1, 0.15) is 31.0 Å². The van der Waals surface area contributed by atoms with Crippen molar-refractivity contribution < 1.29 is 0 Å². The Bertz CT molecular complexity index is 931. The number of aryl methyl sites for hydroxylation is 1. The van der Waals surface area contributed by atoms with E-state index in [4.69, 9.17) is 4.98 Å². The Morgan fingerprint density at radius 1 is 0.897 bits per heavy atom. The van der Waals surface area contributed by atoms with Crippen LogP contribution in [0.4, 0.5) is 23.3 Å². The fourth-order valence-electron chi connectivity index (χ4n) is 3.53. The van der Waals surface area contributed by atoms with Crippen LogP contribution in [-0.4, -0.2) is 41.1 Å². The van der Waals surface area contributed by atoms with Crippen molar-refractivity contribution in [2.75, 3.05) is 41.3 Å². The van der Waals surface area contributed by atoms with Gasteiger partial charge in [-0.1, -0.05) is 32.0 Å². The van der Waals surface area contributed by atoms with E-state index in [1.165, 1.54) is 5.56 Å². The first-order valence-corrected chi connectivity index (χ1v) is 10.2. The third-order valence-electron chi connectivity index (χ3n) is 5.23. The summed E-state index contributed by atoms with van der Waals surface area (Å²) in [4.78, 5) is 18.5. The summed E-state index contributed by atoms with van der Waals surface area (Å²) < 4.78 is 0. The quantitative estimate of drug-likeness (QED) is 0.700. The highest BCUT2D eigenvalue weighted by atomic mass is 15.3. The van der Waals surface area contributed by atoms with Crippen molar-refractivity contribution in [2.45, 2.75) is 26.7 Å². The van der Waals surface area contributed by atoms with E-state index in [9.17, 15) is 0 Å². The molecular weight excluding hydrogens is 360 g/mol. The van der Waals surface area contributed by atoms with Crippen LogP contribution < -0.4 is 15.1 Å². The molecule has 29 heavy (non-hydrogen) atoms. The zero-order valence-electron chi connectivity index (χ0n) is 17.3. The highest BCUT2D eigenvalue weighted by Gasteiger charge is 2.20. The molecule has 1 aromatic carbocycles. The molecule has 0 aliphatic carbocycles. The van der Waals surface area contributed by atoms with Crippen LogP contribution in [0.25, 0.3) is 0 Å². The molecule has 0 atom stereocenters. The van der Waals surface area contributed by atoms with Gasteiger partial charge in [0, 0.05) is 49.8 Å². The predicted octanol–water partition coefficient (Wildman–Crippen LogP) is 4.37. The van der Waals surface area contributed by atoms with Gasteiger partial charge in [0.1, 0.15) is 11.6 Å². The Balaban J connectivity index is 1.44. The number of hydrogen-bond acceptors (Lipinski definition) is 6. The van der Waals surface area contributed by atoms with Gasteiger partial charge in [-0.3, -0.25) is 0 Å². The van der Waals surface area contributed by atoms with Crippen LogP contribution in [0.5, 0.6) is 0 Å². The van der Waals surface area contributed by atoms with E-state index in [1.54, 1.807) is 0 Å². The summed E-state index contributed by atoms with van der Waals surface area (Å²) in [6.07, 6.45) is 1.84. The normalized spacial score (nSPS) is 14.3. The van der Waals surface area contributed by atoms with E-state index in [-0.39, 0.29) is 0 Å². The zero-order valence-corrected chi connectivity index (χ0v) is 17.3. The van der Waals surface area contributed by atoms with Gasteiger partial charge in [0.2, 0.25) is 5.95 Å². The average Bonchev–Trinajstić information content (AvgIpc) is 2.74. The second-order valence-corrected chi connectivity index (χ2v) is 7.76. The molecule has 0 radical (unpaired) electrons. The minimum Gasteiger partial charge on any atom is -0.353 e. The Labute approximate surface area is 172 Å². The number of nitrogens with one attached hydrogen (secondary N) is 1. The topological polar surface area (TPSA) is 57.2 Å². The summed E-state index contributed by atoms with van der Waals surface area (Å²) in [5.74, 6) is 3.18. The zero-order chi connectivity index (χ0) is 20.2. The monoisotopic (exact) mass is 388 g/mol. The lowest BCUT2D eigenvalue weighted by atomic mass is 10.0. The van der Waals surface area contributed by atoms with Gasteiger partial charge in [-0.15, -0.1) is 0 Å². The average molecular weight is 389 g/mol. The van der Waals surface area contributed by atoms with Gasteiger partial charge >= 0.3 is 0 Å². The smallest absolute Gasteiger partial charge is 0.227 e. The van der Waals surface area contributed by atoms with Gasteiger partial charge in [-0.05, 0) is 42.7 Å². The molecule has 1 aliphatic rings. The molecule has 1 N–H and O–H groups in total. The number of benzene rings is 1. The van der Waals surface area contributed by atoms with Gasteiger partial charge < -0.3 is 15.1 Å². The molecule has 6 heteroatoms. The van der Waals surface area contributed by atoms with Crippen LogP contribution in [0.3, 0.4) is 0 Å². The number of hydrogen-bond donors (Lipinski definition) is 1. The summed E-state index contributed by atoms with van der Waals surface area (Å²) in [5, 5.41) is 3.43. The number of anilines is 4. The lowest BCUT2D eigenvalue weighted by Crippen LogP contribution is -2.47. The van der Waals surface area contributed by atoms with Gasteiger partial charge in [-0.25, -0.2) is 9.97 Å². The van der Waals surface area contributed by atoms with E-state index in [1.807, 2.05) is 31.3 Å². The van der Waals surface area contributed by atoms with Crippen molar-refractivity contribution in [3.63, 3.8) is 0 Å². The van der Waals surface area contributed by atoms with Crippen molar-refractivity contribution in [3.05, 3.63) is 66.0 Å². The largest absolute Gasteiger partial charge is 0.353 e. The first kappa shape index (κ1) is 19.2. The predicted molar refractivity (Wildman–Crippen MR) is 119 cm³/mol. The molecule has 1 aliphatic heterocycles. The van der Waals surface area contributed by atoms with E-state index >= 15 is 0 Å². The molecule has 4 rings (SSSR count). The Hall–Kier alpha value is -3.15. The molecule has 0 saturated carbocycles. The second-order valence-electron chi connectivity index (χ2n) is 7.76. The fraction of sp³-hybridized carbons (Fsp3) is 0.348. The van der Waals surface area contributed by atoms with Crippen molar-refractivity contribution >= 4 is 23.3 Å². The summed E-state index contributed by atoms with van der Waals surface area (Å²) in [5.41, 5.74) is 3.34. The minimum atomic E-state index is 0.529. The molecule has 3 heterocycles. The molecule has 3 aromatic rings. The SMILES string of the molecule is Cc1cc(Nc2ccc(C(C)C)cc2)nc(N2CCN(c3ccccn3)CC2)n1. The summed E-state index contributed by atoms with van der Waals surface area (Å²) in [6.45, 7) is 10.0. The Morgan fingerprint density at radius 3 is 2.28 bits per heavy atom. The van der Waals surface area contributed by atoms with Gasteiger partial charge in [0.05, 0.1) is 0 Å². The van der Waals surface area contributed by atoms with Gasteiger partial charge in [0.25, 0.3) is 0 Å². The number of pyridine rings is 1. The van der Waals surface area contributed by atoms with E-state index in [0.29, 0.717) is 5.92 Å². The maximum absolute atomic E-state index is 4.78. The third-order valence-corrected chi connectivity index (χ3v) is 5.23. The van der Waals surface area contributed by atoms with E-state index in [0.717, 1.165) is 55.1 Å². The van der Waals surface area contributed by atoms with Crippen LogP contribution in [-0.2, 0) is 0 Å². The summed E-state index contributed by atoms with van der Waals surface area (Å²) >= 11 is 0. The van der Waals surface area contributed by atoms with E-state index < -0.39 is 0 Å². The van der Waals surface area contributed by atoms with Crippen molar-refractivity contribution in [1.29, 1.82) is 0 Å². The molecular formula is C23H28N6. The van der Waals surface area contributed by atoms with Crippen LogP contribution in [0, 0.1) is 6.92 Å². The molecule has 0 bridgehead atoms.